The number of hydrogen-bond donors (Lipinski definition) is 3. The molecule has 114 valence electrons. The molecule has 0 spiro atoms. The molecule has 6 nitrogen and oxygen atoms in total. The van der Waals surface area contributed by atoms with Crippen LogP contribution in [-0.4, -0.2) is 25.7 Å². The summed E-state index contributed by atoms with van der Waals surface area (Å²) in [7, 11) is -1.98. The SMILES string of the molecule is CNCc1c(S(=O)(=O)Nc2cccc(Br)c2C)n[nH]c1C. The largest absolute Gasteiger partial charge is 0.316 e. The summed E-state index contributed by atoms with van der Waals surface area (Å²) in [4.78, 5) is 0. The number of hydrogen-bond acceptors (Lipinski definition) is 4. The van der Waals surface area contributed by atoms with E-state index < -0.39 is 10.0 Å². The Morgan fingerprint density at radius 3 is 2.71 bits per heavy atom. The number of aromatic amines is 1. The lowest BCUT2D eigenvalue weighted by atomic mass is 10.2. The van der Waals surface area contributed by atoms with Crippen LogP contribution in [0.2, 0.25) is 0 Å². The summed E-state index contributed by atoms with van der Waals surface area (Å²) in [6.07, 6.45) is 0. The standard InChI is InChI=1S/C13H17BrN4O2S/c1-8-11(14)5-4-6-12(8)18-21(19,20)13-10(7-15-3)9(2)16-17-13/h4-6,15,18H,7H2,1-3H3,(H,16,17). The highest BCUT2D eigenvalue weighted by atomic mass is 79.9. The number of sulfonamides is 1. The first-order chi connectivity index (χ1) is 9.86. The van der Waals surface area contributed by atoms with Crippen LogP contribution in [0.15, 0.2) is 27.7 Å². The molecule has 0 amide bonds. The smallest absolute Gasteiger partial charge is 0.281 e. The molecule has 21 heavy (non-hydrogen) atoms. The van der Waals surface area contributed by atoms with E-state index >= 15 is 0 Å². The minimum Gasteiger partial charge on any atom is -0.316 e. The van der Waals surface area contributed by atoms with E-state index in [2.05, 4.69) is 36.2 Å². The summed E-state index contributed by atoms with van der Waals surface area (Å²) in [6.45, 7) is 4.06. The number of H-pyrrole nitrogens is 1. The molecule has 1 aromatic heterocycles. The van der Waals surface area contributed by atoms with Crippen LogP contribution in [0, 0.1) is 13.8 Å². The molecule has 0 unspecified atom stereocenters. The van der Waals surface area contributed by atoms with E-state index in [1.165, 1.54) is 0 Å². The maximum atomic E-state index is 12.5. The summed E-state index contributed by atoms with van der Waals surface area (Å²) in [5.41, 5.74) is 2.72. The van der Waals surface area contributed by atoms with Crippen LogP contribution >= 0.6 is 15.9 Å². The van der Waals surface area contributed by atoms with Gasteiger partial charge in [-0.05, 0) is 38.6 Å². The number of benzene rings is 1. The first-order valence-electron chi connectivity index (χ1n) is 6.33. The van der Waals surface area contributed by atoms with E-state index in [0.717, 1.165) is 15.7 Å². The highest BCUT2D eigenvalue weighted by Crippen LogP contribution is 2.26. The molecule has 0 fully saturated rings. The first kappa shape index (κ1) is 16.0. The molecule has 0 bridgehead atoms. The van der Waals surface area contributed by atoms with Gasteiger partial charge in [-0.25, -0.2) is 0 Å². The number of halogens is 1. The van der Waals surface area contributed by atoms with Gasteiger partial charge in [0.1, 0.15) is 0 Å². The van der Waals surface area contributed by atoms with Crippen molar-refractivity contribution in [2.45, 2.75) is 25.4 Å². The van der Waals surface area contributed by atoms with Crippen LogP contribution in [0.5, 0.6) is 0 Å². The quantitative estimate of drug-likeness (QED) is 0.751. The normalized spacial score (nSPS) is 11.6. The Morgan fingerprint density at radius 1 is 1.33 bits per heavy atom. The van der Waals surface area contributed by atoms with E-state index in [4.69, 9.17) is 0 Å². The highest BCUT2D eigenvalue weighted by Gasteiger charge is 2.24. The molecule has 0 radical (unpaired) electrons. The predicted octanol–water partition coefficient (Wildman–Crippen LogP) is 2.31. The van der Waals surface area contributed by atoms with E-state index in [-0.39, 0.29) is 5.03 Å². The Bertz CT molecular complexity index is 756. The van der Waals surface area contributed by atoms with Gasteiger partial charge < -0.3 is 5.32 Å². The van der Waals surface area contributed by atoms with Crippen molar-refractivity contribution in [3.05, 3.63) is 39.5 Å². The highest BCUT2D eigenvalue weighted by molar-refractivity contribution is 9.10. The van der Waals surface area contributed by atoms with Crippen molar-refractivity contribution in [3.63, 3.8) is 0 Å². The summed E-state index contributed by atoms with van der Waals surface area (Å²) < 4.78 is 28.5. The lowest BCUT2D eigenvalue weighted by Gasteiger charge is -2.11. The zero-order valence-corrected chi connectivity index (χ0v) is 14.4. The monoisotopic (exact) mass is 372 g/mol. The fourth-order valence-corrected chi connectivity index (χ4v) is 3.64. The second-order valence-electron chi connectivity index (χ2n) is 4.68. The average molecular weight is 373 g/mol. The lowest BCUT2D eigenvalue weighted by Crippen LogP contribution is -2.18. The first-order valence-corrected chi connectivity index (χ1v) is 8.61. The molecule has 0 saturated carbocycles. The zero-order valence-electron chi connectivity index (χ0n) is 12.0. The Balaban J connectivity index is 2.41. The van der Waals surface area contributed by atoms with Crippen LogP contribution in [0.4, 0.5) is 5.69 Å². The number of rotatable bonds is 5. The third-order valence-electron chi connectivity index (χ3n) is 3.16. The molecule has 2 rings (SSSR count). The molecule has 1 heterocycles. The van der Waals surface area contributed by atoms with Crippen LogP contribution in [-0.2, 0) is 16.6 Å². The molecule has 1 aromatic carbocycles. The van der Waals surface area contributed by atoms with Gasteiger partial charge in [0.25, 0.3) is 10.0 Å². The number of anilines is 1. The Kier molecular flexibility index (Phi) is 4.70. The fraction of sp³-hybridized carbons (Fsp3) is 0.308. The van der Waals surface area contributed by atoms with Gasteiger partial charge >= 0.3 is 0 Å². The third kappa shape index (κ3) is 3.28. The maximum Gasteiger partial charge on any atom is 0.281 e. The molecule has 0 aliphatic carbocycles. The van der Waals surface area contributed by atoms with Gasteiger partial charge in [0.2, 0.25) is 5.03 Å². The Morgan fingerprint density at radius 2 is 2.05 bits per heavy atom. The van der Waals surface area contributed by atoms with Crippen LogP contribution < -0.4 is 10.0 Å². The van der Waals surface area contributed by atoms with E-state index in [1.807, 2.05) is 13.0 Å². The van der Waals surface area contributed by atoms with Crippen LogP contribution in [0.1, 0.15) is 16.8 Å². The van der Waals surface area contributed by atoms with Crippen molar-refractivity contribution < 1.29 is 8.42 Å². The predicted molar refractivity (Wildman–Crippen MR) is 85.8 cm³/mol. The van der Waals surface area contributed by atoms with Crippen molar-refractivity contribution in [3.8, 4) is 0 Å². The van der Waals surface area contributed by atoms with E-state index in [0.29, 0.717) is 17.8 Å². The van der Waals surface area contributed by atoms with Crippen molar-refractivity contribution >= 4 is 31.6 Å². The van der Waals surface area contributed by atoms with E-state index in [9.17, 15) is 8.42 Å². The van der Waals surface area contributed by atoms with Crippen molar-refractivity contribution in [1.82, 2.24) is 15.5 Å². The van der Waals surface area contributed by atoms with Gasteiger partial charge in [0.15, 0.2) is 0 Å². The molecular weight excluding hydrogens is 356 g/mol. The van der Waals surface area contributed by atoms with Gasteiger partial charge in [-0.3, -0.25) is 9.82 Å². The average Bonchev–Trinajstić information content (AvgIpc) is 2.78. The molecule has 8 heteroatoms. The second kappa shape index (κ2) is 6.17. The van der Waals surface area contributed by atoms with Gasteiger partial charge in [-0.2, -0.15) is 13.5 Å². The molecular formula is C13H17BrN4O2S. The van der Waals surface area contributed by atoms with Gasteiger partial charge in [0.05, 0.1) is 5.69 Å². The van der Waals surface area contributed by atoms with Gasteiger partial charge in [0, 0.05) is 22.3 Å². The summed E-state index contributed by atoms with van der Waals surface area (Å²) >= 11 is 3.39. The number of nitrogens with zero attached hydrogens (tertiary/aromatic N) is 1. The zero-order chi connectivity index (χ0) is 15.6. The number of aryl methyl sites for hydroxylation is 1. The van der Waals surface area contributed by atoms with Gasteiger partial charge in [-0.15, -0.1) is 0 Å². The second-order valence-corrected chi connectivity index (χ2v) is 7.13. The maximum absolute atomic E-state index is 12.5. The Labute approximate surface area is 132 Å². The van der Waals surface area contributed by atoms with Crippen molar-refractivity contribution in [2.24, 2.45) is 0 Å². The molecule has 0 saturated heterocycles. The minimum absolute atomic E-state index is 0.0220. The van der Waals surface area contributed by atoms with Crippen molar-refractivity contribution in [1.29, 1.82) is 0 Å². The summed E-state index contributed by atoms with van der Waals surface area (Å²) in [5.74, 6) is 0. The summed E-state index contributed by atoms with van der Waals surface area (Å²) in [5, 5.41) is 9.62. The number of aromatic nitrogens is 2. The van der Waals surface area contributed by atoms with Crippen molar-refractivity contribution in [2.75, 3.05) is 11.8 Å². The lowest BCUT2D eigenvalue weighted by molar-refractivity contribution is 0.595. The van der Waals surface area contributed by atoms with E-state index in [1.54, 1.807) is 26.1 Å². The molecule has 0 aliphatic heterocycles. The van der Waals surface area contributed by atoms with Gasteiger partial charge in [-0.1, -0.05) is 22.0 Å². The fourth-order valence-electron chi connectivity index (χ4n) is 1.95. The summed E-state index contributed by atoms with van der Waals surface area (Å²) in [6, 6.07) is 5.35. The molecule has 2 aromatic rings. The Hall–Kier alpha value is -1.38. The molecule has 0 atom stereocenters. The third-order valence-corrected chi connectivity index (χ3v) is 5.35. The topological polar surface area (TPSA) is 86.9 Å². The minimum atomic E-state index is -3.74. The molecule has 3 N–H and O–H groups in total. The molecule has 0 aliphatic rings. The number of nitrogens with one attached hydrogen (secondary N) is 3. The van der Waals surface area contributed by atoms with Crippen LogP contribution in [0.25, 0.3) is 0 Å². The van der Waals surface area contributed by atoms with Crippen LogP contribution in [0.3, 0.4) is 0 Å².